The van der Waals surface area contributed by atoms with Crippen molar-refractivity contribution in [2.45, 2.75) is 93.3 Å². The number of fused-ring (bicyclic) bond motifs is 8. The second-order valence-corrected chi connectivity index (χ2v) is 11.3. The summed E-state index contributed by atoms with van der Waals surface area (Å²) < 4.78 is 28.7. The van der Waals surface area contributed by atoms with E-state index in [1.54, 1.807) is 6.07 Å². The number of aliphatic hydroxyl groups excluding tert-OH is 5. The molecule has 2 aromatic carbocycles. The summed E-state index contributed by atoms with van der Waals surface area (Å²) in [6.07, 6.45) is -5.87. The van der Waals surface area contributed by atoms with Gasteiger partial charge in [0, 0.05) is 0 Å². The van der Waals surface area contributed by atoms with E-state index in [0.29, 0.717) is 30.8 Å². The summed E-state index contributed by atoms with van der Waals surface area (Å²) in [5.41, 5.74) is 0.182. The van der Waals surface area contributed by atoms with E-state index in [4.69, 9.17) is 23.7 Å². The van der Waals surface area contributed by atoms with Crippen LogP contribution in [0.2, 0.25) is 0 Å². The number of hydrogen-bond donors (Lipinski definition) is 7. The first-order valence-corrected chi connectivity index (χ1v) is 14.3. The summed E-state index contributed by atoms with van der Waals surface area (Å²) in [7, 11) is 0. The van der Waals surface area contributed by atoms with Crippen molar-refractivity contribution in [3.63, 3.8) is 0 Å². The van der Waals surface area contributed by atoms with E-state index in [9.17, 15) is 35.7 Å². The fourth-order valence-electron chi connectivity index (χ4n) is 5.44. The zero-order valence-electron chi connectivity index (χ0n) is 23.2. The van der Waals surface area contributed by atoms with Gasteiger partial charge in [-0.1, -0.05) is 24.6 Å². The Morgan fingerprint density at radius 3 is 2.36 bits per heavy atom. The van der Waals surface area contributed by atoms with Gasteiger partial charge in [-0.05, 0) is 67.5 Å². The summed E-state index contributed by atoms with van der Waals surface area (Å²) in [5, 5.41) is 71.8. The van der Waals surface area contributed by atoms with Crippen LogP contribution in [-0.4, -0.2) is 110 Å². The minimum Gasteiger partial charge on any atom is -0.504 e. The lowest BCUT2D eigenvalue weighted by atomic mass is 9.98. The molecule has 0 radical (unpaired) electrons. The van der Waals surface area contributed by atoms with E-state index in [1.165, 1.54) is 0 Å². The highest BCUT2D eigenvalue weighted by atomic mass is 16.7. The number of rotatable bonds is 6. The van der Waals surface area contributed by atoms with Gasteiger partial charge >= 0.3 is 0 Å². The van der Waals surface area contributed by atoms with E-state index >= 15 is 0 Å². The van der Waals surface area contributed by atoms with Gasteiger partial charge in [-0.25, -0.2) is 0 Å². The van der Waals surface area contributed by atoms with Gasteiger partial charge in [0.15, 0.2) is 24.1 Å². The highest BCUT2D eigenvalue weighted by molar-refractivity contribution is 5.45. The lowest BCUT2D eigenvalue weighted by Gasteiger charge is -2.41. The van der Waals surface area contributed by atoms with Crippen LogP contribution in [0, 0.1) is 0 Å². The van der Waals surface area contributed by atoms with Gasteiger partial charge in [0.05, 0.1) is 25.9 Å². The van der Waals surface area contributed by atoms with Crippen LogP contribution in [0.15, 0.2) is 42.5 Å². The molecule has 4 aliphatic rings. The monoisotopic (exact) mass is 592 g/mol. The van der Waals surface area contributed by atoms with E-state index in [1.807, 2.05) is 36.4 Å². The standard InChI is InChI=1S/C30H40O12/c31-15-30(37)16-39-29(27(30)36)38-14-23-24(33)25(34)26(35)28(42-23)41-19-4-2-1-3-18-8-12-21(32)22(13-18)40-20-10-6-17(5-9-19)7-11-20/h6-8,10-13,19,23-29,31-37H,1-5,9,14-16H2/t19-,23?,24-,25?,26-,27+,28+,29+,30?/m1/s1. The van der Waals surface area contributed by atoms with Gasteiger partial charge in [-0.15, -0.1) is 0 Å². The van der Waals surface area contributed by atoms with Crippen molar-refractivity contribution in [2.75, 3.05) is 19.8 Å². The van der Waals surface area contributed by atoms with Crippen LogP contribution in [0.3, 0.4) is 0 Å². The molecule has 2 saturated heterocycles. The van der Waals surface area contributed by atoms with Gasteiger partial charge in [0.2, 0.25) is 0 Å². The molecule has 2 aromatic rings. The summed E-state index contributed by atoms with van der Waals surface area (Å²) in [5.74, 6) is 1.07. The summed E-state index contributed by atoms with van der Waals surface area (Å²) >= 11 is 0. The molecule has 12 heteroatoms. The SMILES string of the molecule is OCC1(O)CO[C@H](OCC2O[C@H](O[C@@H]3CCCCc4ccc(O)c(c4)Oc4ccc(cc4)CC3)[C@H](O)C(O)[C@@H]2O)[C@@H]1O. The lowest BCUT2D eigenvalue weighted by molar-refractivity contribution is -0.319. The van der Waals surface area contributed by atoms with Crippen LogP contribution in [0.25, 0.3) is 0 Å². The first-order chi connectivity index (χ1) is 20.2. The van der Waals surface area contributed by atoms with Crippen LogP contribution in [0.1, 0.15) is 36.8 Å². The average Bonchev–Trinajstić information content (AvgIpc) is 3.28. The fraction of sp³-hybridized carbons (Fsp3) is 0.600. The number of hydrogen-bond acceptors (Lipinski definition) is 12. The largest absolute Gasteiger partial charge is 0.504 e. The highest BCUT2D eigenvalue weighted by Crippen LogP contribution is 2.33. The zero-order valence-corrected chi connectivity index (χ0v) is 23.2. The number of ether oxygens (including phenoxy) is 5. The Bertz CT molecular complexity index is 1160. The lowest BCUT2D eigenvalue weighted by Crippen LogP contribution is -2.60. The van der Waals surface area contributed by atoms with Crippen molar-refractivity contribution in [2.24, 2.45) is 0 Å². The summed E-state index contributed by atoms with van der Waals surface area (Å²) in [4.78, 5) is 0. The van der Waals surface area contributed by atoms with Crippen molar-refractivity contribution >= 4 is 0 Å². The minimum absolute atomic E-state index is 0.0706. The molecule has 9 atom stereocenters. The molecule has 4 aliphatic heterocycles. The van der Waals surface area contributed by atoms with Crippen molar-refractivity contribution in [3.8, 4) is 17.2 Å². The number of phenols is 1. The Labute approximate surface area is 243 Å². The Kier molecular flexibility index (Phi) is 10.0. The van der Waals surface area contributed by atoms with E-state index in [2.05, 4.69) is 0 Å². The third-order valence-electron chi connectivity index (χ3n) is 8.17. The van der Waals surface area contributed by atoms with Crippen molar-refractivity contribution in [3.05, 3.63) is 53.6 Å². The Morgan fingerprint density at radius 1 is 0.857 bits per heavy atom. The van der Waals surface area contributed by atoms with Gasteiger partial charge < -0.3 is 59.4 Å². The first kappa shape index (κ1) is 31.1. The van der Waals surface area contributed by atoms with Gasteiger partial charge in [-0.3, -0.25) is 0 Å². The Morgan fingerprint density at radius 2 is 1.62 bits per heavy atom. The topological polar surface area (TPSA) is 188 Å². The Hall–Kier alpha value is -2.36. The smallest absolute Gasteiger partial charge is 0.186 e. The third kappa shape index (κ3) is 7.05. The molecular formula is C30H40O12. The summed E-state index contributed by atoms with van der Waals surface area (Å²) in [6.45, 7) is -1.42. The first-order valence-electron chi connectivity index (χ1n) is 14.3. The molecule has 0 amide bonds. The molecule has 12 nitrogen and oxygen atoms in total. The molecule has 42 heavy (non-hydrogen) atoms. The maximum atomic E-state index is 10.7. The molecule has 7 N–H and O–H groups in total. The maximum absolute atomic E-state index is 10.7. The number of aromatic hydroxyl groups is 1. The predicted molar refractivity (Wildman–Crippen MR) is 146 cm³/mol. The maximum Gasteiger partial charge on any atom is 0.186 e. The molecule has 232 valence electrons. The van der Waals surface area contributed by atoms with Crippen LogP contribution in [-0.2, 0) is 31.8 Å². The molecule has 4 bridgehead atoms. The van der Waals surface area contributed by atoms with E-state index < -0.39 is 55.3 Å². The zero-order chi connectivity index (χ0) is 29.9. The summed E-state index contributed by atoms with van der Waals surface area (Å²) in [6, 6.07) is 12.8. The molecule has 0 saturated carbocycles. The molecule has 3 unspecified atom stereocenters. The molecular weight excluding hydrogens is 552 g/mol. The number of benzene rings is 2. The van der Waals surface area contributed by atoms with E-state index in [0.717, 1.165) is 30.4 Å². The van der Waals surface area contributed by atoms with Crippen molar-refractivity contribution < 1.29 is 59.4 Å². The molecule has 0 aromatic heterocycles. The fourth-order valence-corrected chi connectivity index (χ4v) is 5.44. The van der Waals surface area contributed by atoms with Crippen molar-refractivity contribution in [1.29, 1.82) is 0 Å². The number of aryl methyl sites for hydroxylation is 2. The van der Waals surface area contributed by atoms with Crippen LogP contribution in [0.4, 0.5) is 0 Å². The number of aliphatic hydroxyl groups is 6. The predicted octanol–water partition coefficient (Wildman–Crippen LogP) is 0.493. The van der Waals surface area contributed by atoms with Gasteiger partial charge in [0.1, 0.15) is 41.9 Å². The number of phenolic OH excluding ortho intramolecular Hbond substituents is 1. The molecule has 6 rings (SSSR count). The minimum atomic E-state index is -1.87. The second kappa shape index (κ2) is 13.5. The molecule has 0 spiro atoms. The van der Waals surface area contributed by atoms with E-state index in [-0.39, 0.29) is 25.1 Å². The van der Waals surface area contributed by atoms with Crippen molar-refractivity contribution in [1.82, 2.24) is 0 Å². The quantitative estimate of drug-likeness (QED) is 0.246. The van der Waals surface area contributed by atoms with Gasteiger partial charge in [-0.2, -0.15) is 0 Å². The normalized spacial score (nSPS) is 35.8. The second-order valence-electron chi connectivity index (χ2n) is 11.3. The molecule has 2 fully saturated rings. The van der Waals surface area contributed by atoms with Crippen LogP contribution < -0.4 is 4.74 Å². The highest BCUT2D eigenvalue weighted by Gasteiger charge is 2.50. The third-order valence-corrected chi connectivity index (χ3v) is 8.17. The van der Waals surface area contributed by atoms with Crippen LogP contribution >= 0.6 is 0 Å². The average molecular weight is 593 g/mol. The molecule has 0 aliphatic carbocycles. The Balaban J connectivity index is 1.24. The van der Waals surface area contributed by atoms with Crippen LogP contribution in [0.5, 0.6) is 17.2 Å². The molecule has 4 heterocycles. The van der Waals surface area contributed by atoms with Gasteiger partial charge in [0.25, 0.3) is 0 Å².